The first-order chi connectivity index (χ1) is 13.5. The molecule has 28 heavy (non-hydrogen) atoms. The van der Waals surface area contributed by atoms with Crippen LogP contribution in [0.2, 0.25) is 0 Å². The average molecular weight is 385 g/mol. The van der Waals surface area contributed by atoms with Gasteiger partial charge in [-0.1, -0.05) is 37.3 Å². The van der Waals surface area contributed by atoms with E-state index in [0.29, 0.717) is 18.9 Å². The Hall–Kier alpha value is -3.02. The molecule has 0 spiro atoms. The van der Waals surface area contributed by atoms with Gasteiger partial charge in [-0.3, -0.25) is 9.59 Å². The molecule has 2 aromatic rings. The zero-order valence-corrected chi connectivity index (χ0v) is 16.6. The fraction of sp³-hybridized carbons (Fsp3) is 0.364. The van der Waals surface area contributed by atoms with E-state index in [1.54, 1.807) is 36.1 Å². The van der Waals surface area contributed by atoms with Crippen molar-refractivity contribution in [1.82, 2.24) is 4.90 Å². The molecule has 2 rings (SSSR count). The molecular weight excluding hydrogens is 358 g/mol. The quantitative estimate of drug-likeness (QED) is 0.587. The molecule has 2 aromatic carbocycles. The number of nitrogens with zero attached hydrogens (tertiary/aromatic N) is 1. The molecule has 150 valence electrons. The minimum atomic E-state index is -0.428. The van der Waals surface area contributed by atoms with Gasteiger partial charge >= 0.3 is 5.97 Å². The lowest BCUT2D eigenvalue weighted by Gasteiger charge is -2.25. The summed E-state index contributed by atoms with van der Waals surface area (Å²) in [7, 11) is 1.34. The number of methoxy groups -OCH3 is 1. The third-order valence-corrected chi connectivity index (χ3v) is 4.16. The fourth-order valence-corrected chi connectivity index (χ4v) is 2.70. The van der Waals surface area contributed by atoms with Crippen molar-refractivity contribution in [2.75, 3.05) is 26.9 Å². The highest BCUT2D eigenvalue weighted by Crippen LogP contribution is 2.18. The van der Waals surface area contributed by atoms with Crippen LogP contribution in [0.4, 0.5) is 0 Å². The Kier molecular flexibility index (Phi) is 8.34. The highest BCUT2D eigenvalue weighted by Gasteiger charge is 2.22. The van der Waals surface area contributed by atoms with Crippen LogP contribution in [-0.4, -0.2) is 43.6 Å². The molecule has 0 fully saturated rings. The molecule has 0 saturated heterocycles. The topological polar surface area (TPSA) is 65.1 Å². The number of ether oxygens (including phenoxy) is 3. The van der Waals surface area contributed by atoms with Gasteiger partial charge in [0.1, 0.15) is 11.5 Å². The van der Waals surface area contributed by atoms with E-state index in [9.17, 15) is 9.59 Å². The SMILES string of the molecule is CCOc1ccc(OCC(=O)N(Cc2ccccc2)CC(C)C(=O)OC)cc1. The normalized spacial score (nSPS) is 11.4. The number of carbonyl (C=O) groups is 2. The third kappa shape index (κ3) is 6.61. The second-order valence-corrected chi connectivity index (χ2v) is 6.38. The molecule has 0 aliphatic heterocycles. The van der Waals surface area contributed by atoms with Crippen molar-refractivity contribution in [3.05, 3.63) is 60.2 Å². The average Bonchev–Trinajstić information content (AvgIpc) is 2.72. The summed E-state index contributed by atoms with van der Waals surface area (Å²) in [6.07, 6.45) is 0. The van der Waals surface area contributed by atoms with Crippen LogP contribution >= 0.6 is 0 Å². The van der Waals surface area contributed by atoms with Gasteiger partial charge in [0, 0.05) is 13.1 Å². The summed E-state index contributed by atoms with van der Waals surface area (Å²) in [6.45, 7) is 4.78. The first-order valence-corrected chi connectivity index (χ1v) is 9.28. The molecule has 6 nitrogen and oxygen atoms in total. The lowest BCUT2D eigenvalue weighted by Crippen LogP contribution is -2.39. The van der Waals surface area contributed by atoms with Crippen molar-refractivity contribution >= 4 is 11.9 Å². The molecule has 1 unspecified atom stereocenters. The zero-order valence-electron chi connectivity index (χ0n) is 16.6. The molecule has 0 N–H and O–H groups in total. The van der Waals surface area contributed by atoms with E-state index >= 15 is 0 Å². The van der Waals surface area contributed by atoms with Crippen LogP contribution < -0.4 is 9.47 Å². The van der Waals surface area contributed by atoms with Gasteiger partial charge in [-0.2, -0.15) is 0 Å². The van der Waals surface area contributed by atoms with Gasteiger partial charge in [0.2, 0.25) is 0 Å². The minimum Gasteiger partial charge on any atom is -0.494 e. The second-order valence-electron chi connectivity index (χ2n) is 6.38. The van der Waals surface area contributed by atoms with E-state index in [0.717, 1.165) is 11.3 Å². The van der Waals surface area contributed by atoms with Gasteiger partial charge in [-0.05, 0) is 36.8 Å². The molecule has 6 heteroatoms. The summed E-state index contributed by atoms with van der Waals surface area (Å²) in [5, 5.41) is 0. The van der Waals surface area contributed by atoms with Crippen molar-refractivity contribution in [2.24, 2.45) is 5.92 Å². The molecule has 1 amide bonds. The van der Waals surface area contributed by atoms with Gasteiger partial charge in [0.15, 0.2) is 6.61 Å². The summed E-state index contributed by atoms with van der Waals surface area (Å²) in [5.41, 5.74) is 0.981. The highest BCUT2D eigenvalue weighted by molar-refractivity contribution is 5.79. The maximum Gasteiger partial charge on any atom is 0.310 e. The summed E-state index contributed by atoms with van der Waals surface area (Å²) in [5.74, 6) is 0.353. The molecule has 0 saturated carbocycles. The number of hydrogen-bond acceptors (Lipinski definition) is 5. The van der Waals surface area contributed by atoms with Gasteiger partial charge < -0.3 is 19.1 Å². The van der Waals surface area contributed by atoms with Crippen molar-refractivity contribution in [2.45, 2.75) is 20.4 Å². The first kappa shape index (κ1) is 21.3. The van der Waals surface area contributed by atoms with Crippen molar-refractivity contribution in [3.63, 3.8) is 0 Å². The molecule has 0 bridgehead atoms. The molecule has 1 atom stereocenters. The minimum absolute atomic E-state index is 0.116. The van der Waals surface area contributed by atoms with Crippen LogP contribution in [0.3, 0.4) is 0 Å². The maximum atomic E-state index is 12.8. The van der Waals surface area contributed by atoms with E-state index in [1.807, 2.05) is 37.3 Å². The summed E-state index contributed by atoms with van der Waals surface area (Å²) in [4.78, 5) is 26.2. The lowest BCUT2D eigenvalue weighted by atomic mass is 10.1. The molecular formula is C22H27NO5. The number of esters is 1. The predicted molar refractivity (Wildman–Crippen MR) is 106 cm³/mol. The maximum absolute atomic E-state index is 12.8. The van der Waals surface area contributed by atoms with Gasteiger partial charge in [0.25, 0.3) is 5.91 Å². The summed E-state index contributed by atoms with van der Waals surface area (Å²) >= 11 is 0. The van der Waals surface area contributed by atoms with Gasteiger partial charge in [0.05, 0.1) is 19.6 Å². The molecule has 0 aliphatic carbocycles. The number of rotatable bonds is 10. The summed E-state index contributed by atoms with van der Waals surface area (Å²) in [6, 6.07) is 16.7. The Labute approximate surface area is 166 Å². The van der Waals surface area contributed by atoms with Gasteiger partial charge in [-0.25, -0.2) is 0 Å². The monoisotopic (exact) mass is 385 g/mol. The Balaban J connectivity index is 2.01. The Morgan fingerprint density at radius 3 is 2.14 bits per heavy atom. The highest BCUT2D eigenvalue weighted by atomic mass is 16.5. The molecule has 0 heterocycles. The molecule has 0 aromatic heterocycles. The zero-order chi connectivity index (χ0) is 20.4. The van der Waals surface area contributed by atoms with E-state index in [2.05, 4.69) is 0 Å². The van der Waals surface area contributed by atoms with Crippen LogP contribution in [0.25, 0.3) is 0 Å². The summed E-state index contributed by atoms with van der Waals surface area (Å²) < 4.78 is 15.8. The van der Waals surface area contributed by atoms with E-state index in [4.69, 9.17) is 14.2 Å². The molecule has 0 radical (unpaired) electrons. The van der Waals surface area contributed by atoms with E-state index in [-0.39, 0.29) is 25.0 Å². The van der Waals surface area contributed by atoms with Crippen LogP contribution in [0.1, 0.15) is 19.4 Å². The van der Waals surface area contributed by atoms with Crippen LogP contribution in [0, 0.1) is 5.92 Å². The predicted octanol–water partition coefficient (Wildman–Crippen LogP) is 3.30. The van der Waals surface area contributed by atoms with Crippen molar-refractivity contribution in [1.29, 1.82) is 0 Å². The van der Waals surface area contributed by atoms with Crippen molar-refractivity contribution in [3.8, 4) is 11.5 Å². The number of amides is 1. The standard InChI is InChI=1S/C22H27NO5/c1-4-27-19-10-12-20(13-11-19)28-16-21(24)23(14-17(2)22(25)26-3)15-18-8-6-5-7-9-18/h5-13,17H,4,14-16H2,1-3H3. The smallest absolute Gasteiger partial charge is 0.310 e. The third-order valence-electron chi connectivity index (χ3n) is 4.16. The Morgan fingerprint density at radius 1 is 0.964 bits per heavy atom. The molecule has 0 aliphatic rings. The Bertz CT molecular complexity index is 745. The van der Waals surface area contributed by atoms with E-state index < -0.39 is 5.92 Å². The second kappa shape index (κ2) is 11.0. The van der Waals surface area contributed by atoms with Crippen molar-refractivity contribution < 1.29 is 23.8 Å². The van der Waals surface area contributed by atoms with E-state index in [1.165, 1.54) is 7.11 Å². The van der Waals surface area contributed by atoms with Crippen LogP contribution in [0.5, 0.6) is 11.5 Å². The first-order valence-electron chi connectivity index (χ1n) is 9.28. The Morgan fingerprint density at radius 2 is 1.57 bits per heavy atom. The number of hydrogen-bond donors (Lipinski definition) is 0. The number of benzene rings is 2. The number of carbonyl (C=O) groups excluding carboxylic acids is 2. The largest absolute Gasteiger partial charge is 0.494 e. The lowest BCUT2D eigenvalue weighted by molar-refractivity contribution is -0.147. The fourth-order valence-electron chi connectivity index (χ4n) is 2.70. The van der Waals surface area contributed by atoms with Crippen LogP contribution in [-0.2, 0) is 20.9 Å². The van der Waals surface area contributed by atoms with Gasteiger partial charge in [-0.15, -0.1) is 0 Å². The van der Waals surface area contributed by atoms with Crippen LogP contribution in [0.15, 0.2) is 54.6 Å².